The maximum Gasteiger partial charge on any atom is 0.253 e. The highest BCUT2D eigenvalue weighted by Gasteiger charge is 2.33. The van der Waals surface area contributed by atoms with E-state index in [1.165, 1.54) is 0 Å². The van der Waals surface area contributed by atoms with Crippen molar-refractivity contribution in [2.24, 2.45) is 0 Å². The predicted octanol–water partition coefficient (Wildman–Crippen LogP) is 2.21. The molecule has 0 aliphatic heterocycles. The van der Waals surface area contributed by atoms with Gasteiger partial charge in [-0.3, -0.25) is 9.59 Å². The Kier molecular flexibility index (Phi) is 4.16. The molecule has 2 aliphatic carbocycles. The molecule has 3 rings (SSSR count). The molecule has 0 unspecified atom stereocenters. The summed E-state index contributed by atoms with van der Waals surface area (Å²) in [6.07, 6.45) is 5.40. The highest BCUT2D eigenvalue weighted by Crippen LogP contribution is 2.32. The molecule has 0 saturated heterocycles. The van der Waals surface area contributed by atoms with Crippen molar-refractivity contribution in [3.63, 3.8) is 0 Å². The van der Waals surface area contributed by atoms with Crippen molar-refractivity contribution in [1.82, 2.24) is 5.32 Å². The Morgan fingerprint density at radius 1 is 1.18 bits per heavy atom. The van der Waals surface area contributed by atoms with Crippen LogP contribution in [0.2, 0.25) is 0 Å². The molecule has 2 aliphatic rings. The van der Waals surface area contributed by atoms with Gasteiger partial charge in [0.2, 0.25) is 5.91 Å². The molecule has 1 aromatic rings. The van der Waals surface area contributed by atoms with E-state index in [0.29, 0.717) is 24.1 Å². The molecule has 22 heavy (non-hydrogen) atoms. The molecule has 0 atom stereocenters. The summed E-state index contributed by atoms with van der Waals surface area (Å²) in [6.45, 7) is 0. The van der Waals surface area contributed by atoms with Gasteiger partial charge in [0.1, 0.15) is 0 Å². The molecule has 2 saturated carbocycles. The van der Waals surface area contributed by atoms with E-state index in [4.69, 9.17) is 0 Å². The Bertz CT molecular complexity index is 575. The zero-order chi connectivity index (χ0) is 15.6. The lowest BCUT2D eigenvalue weighted by atomic mass is 9.97. The summed E-state index contributed by atoms with van der Waals surface area (Å²) in [4.78, 5) is 24.4. The van der Waals surface area contributed by atoms with Gasteiger partial charge in [-0.1, -0.05) is 25.0 Å². The zero-order valence-corrected chi connectivity index (χ0v) is 12.6. The molecule has 118 valence electrons. The van der Waals surface area contributed by atoms with E-state index in [1.807, 2.05) is 0 Å². The quantitative estimate of drug-likeness (QED) is 0.780. The van der Waals surface area contributed by atoms with Crippen molar-refractivity contribution < 1.29 is 14.7 Å². The number of para-hydroxylation sites is 1. The van der Waals surface area contributed by atoms with Crippen molar-refractivity contribution in [3.05, 3.63) is 29.8 Å². The van der Waals surface area contributed by atoms with Crippen LogP contribution in [0.5, 0.6) is 0 Å². The van der Waals surface area contributed by atoms with Crippen molar-refractivity contribution in [3.8, 4) is 0 Å². The van der Waals surface area contributed by atoms with Crippen LogP contribution in [-0.4, -0.2) is 28.6 Å². The average molecular weight is 302 g/mol. The van der Waals surface area contributed by atoms with Crippen LogP contribution in [0.25, 0.3) is 0 Å². The summed E-state index contributed by atoms with van der Waals surface area (Å²) in [5, 5.41) is 16.0. The third-order valence-corrected chi connectivity index (χ3v) is 4.38. The molecule has 1 aromatic carbocycles. The van der Waals surface area contributed by atoms with E-state index in [1.54, 1.807) is 24.3 Å². The first-order valence-electron chi connectivity index (χ1n) is 7.98. The fourth-order valence-corrected chi connectivity index (χ4v) is 2.98. The molecule has 0 heterocycles. The first-order valence-corrected chi connectivity index (χ1v) is 7.98. The molecule has 0 aromatic heterocycles. The topological polar surface area (TPSA) is 78.4 Å². The van der Waals surface area contributed by atoms with Gasteiger partial charge in [0.15, 0.2) is 0 Å². The largest absolute Gasteiger partial charge is 0.389 e. The summed E-state index contributed by atoms with van der Waals surface area (Å²) in [5.74, 6) is -0.394. The number of amides is 2. The van der Waals surface area contributed by atoms with Crippen LogP contribution in [0, 0.1) is 0 Å². The second kappa shape index (κ2) is 6.08. The van der Waals surface area contributed by atoms with Crippen LogP contribution in [0.15, 0.2) is 24.3 Å². The molecular formula is C17H22N2O3. The summed E-state index contributed by atoms with van der Waals surface area (Å²) in [7, 11) is 0. The number of rotatable bonds is 5. The van der Waals surface area contributed by atoms with Crippen LogP contribution in [0.4, 0.5) is 5.69 Å². The Labute approximate surface area is 130 Å². The van der Waals surface area contributed by atoms with Crippen LogP contribution in [-0.2, 0) is 4.79 Å². The maximum atomic E-state index is 12.2. The normalized spacial score (nSPS) is 19.7. The smallest absolute Gasteiger partial charge is 0.253 e. The number of hydrogen-bond donors (Lipinski definition) is 3. The van der Waals surface area contributed by atoms with Crippen LogP contribution < -0.4 is 10.6 Å². The second-order valence-electron chi connectivity index (χ2n) is 6.45. The van der Waals surface area contributed by atoms with Crippen molar-refractivity contribution in [2.45, 2.75) is 56.6 Å². The van der Waals surface area contributed by atoms with E-state index in [-0.39, 0.29) is 24.3 Å². The monoisotopic (exact) mass is 302 g/mol. The number of hydrogen-bond acceptors (Lipinski definition) is 3. The Morgan fingerprint density at radius 2 is 1.86 bits per heavy atom. The molecule has 5 nitrogen and oxygen atoms in total. The van der Waals surface area contributed by atoms with E-state index >= 15 is 0 Å². The lowest BCUT2D eigenvalue weighted by molar-refractivity contribution is -0.120. The summed E-state index contributed by atoms with van der Waals surface area (Å²) in [5.41, 5.74) is 0.100. The van der Waals surface area contributed by atoms with Crippen LogP contribution in [0.1, 0.15) is 55.3 Å². The highest BCUT2D eigenvalue weighted by atomic mass is 16.3. The number of anilines is 1. The SMILES string of the molecule is O=C(CC1(O)CCCC1)Nc1ccccc1C(=O)NC1CC1. The Hall–Kier alpha value is -1.88. The van der Waals surface area contributed by atoms with E-state index in [9.17, 15) is 14.7 Å². The maximum absolute atomic E-state index is 12.2. The fraction of sp³-hybridized carbons (Fsp3) is 0.529. The van der Waals surface area contributed by atoms with Gasteiger partial charge in [-0.2, -0.15) is 0 Å². The summed E-state index contributed by atoms with van der Waals surface area (Å²) in [6, 6.07) is 7.27. The average Bonchev–Trinajstić information content (AvgIpc) is 3.19. The summed E-state index contributed by atoms with van der Waals surface area (Å²) >= 11 is 0. The minimum atomic E-state index is -0.880. The molecule has 3 N–H and O–H groups in total. The van der Waals surface area contributed by atoms with Crippen molar-refractivity contribution in [1.29, 1.82) is 0 Å². The first kappa shape index (κ1) is 15.0. The third-order valence-electron chi connectivity index (χ3n) is 4.38. The van der Waals surface area contributed by atoms with Gasteiger partial charge in [0, 0.05) is 6.04 Å². The lowest BCUT2D eigenvalue weighted by Crippen LogP contribution is -2.31. The molecule has 0 bridgehead atoms. The minimum absolute atomic E-state index is 0.0889. The van der Waals surface area contributed by atoms with Crippen LogP contribution >= 0.6 is 0 Å². The molecule has 5 heteroatoms. The van der Waals surface area contributed by atoms with Crippen LogP contribution in [0.3, 0.4) is 0 Å². The number of aliphatic hydroxyl groups is 1. The van der Waals surface area contributed by atoms with Crippen molar-refractivity contribution in [2.75, 3.05) is 5.32 Å². The van der Waals surface area contributed by atoms with E-state index < -0.39 is 5.60 Å². The molecule has 0 spiro atoms. The van der Waals surface area contributed by atoms with Gasteiger partial charge >= 0.3 is 0 Å². The Balaban J connectivity index is 1.66. The zero-order valence-electron chi connectivity index (χ0n) is 12.6. The van der Waals surface area contributed by atoms with Gasteiger partial charge in [-0.15, -0.1) is 0 Å². The van der Waals surface area contributed by atoms with Gasteiger partial charge in [0.05, 0.1) is 23.3 Å². The first-order chi connectivity index (χ1) is 10.6. The molecule has 0 radical (unpaired) electrons. The standard InChI is InChI=1S/C17H22N2O3/c20-15(11-17(22)9-3-4-10-17)19-14-6-2-1-5-13(14)16(21)18-12-7-8-12/h1-2,5-6,12,22H,3-4,7-11H2,(H,18,21)(H,19,20). The van der Waals surface area contributed by atoms with Gasteiger partial charge in [0.25, 0.3) is 5.91 Å². The van der Waals surface area contributed by atoms with Crippen molar-refractivity contribution >= 4 is 17.5 Å². The predicted molar refractivity (Wildman–Crippen MR) is 83.6 cm³/mol. The number of nitrogens with one attached hydrogen (secondary N) is 2. The molecule has 2 amide bonds. The lowest BCUT2D eigenvalue weighted by Gasteiger charge is -2.21. The highest BCUT2D eigenvalue weighted by molar-refractivity contribution is 6.04. The number of benzene rings is 1. The van der Waals surface area contributed by atoms with Gasteiger partial charge in [-0.25, -0.2) is 0 Å². The second-order valence-corrected chi connectivity index (χ2v) is 6.45. The van der Waals surface area contributed by atoms with E-state index in [2.05, 4.69) is 10.6 Å². The van der Waals surface area contributed by atoms with E-state index in [0.717, 1.165) is 25.7 Å². The minimum Gasteiger partial charge on any atom is -0.389 e. The van der Waals surface area contributed by atoms with Gasteiger partial charge < -0.3 is 15.7 Å². The molecular weight excluding hydrogens is 280 g/mol. The van der Waals surface area contributed by atoms with Gasteiger partial charge in [-0.05, 0) is 37.8 Å². The number of carbonyl (C=O) groups is 2. The summed E-state index contributed by atoms with van der Waals surface area (Å²) < 4.78 is 0. The third kappa shape index (κ3) is 3.65. The Morgan fingerprint density at radius 3 is 2.55 bits per heavy atom. The molecule has 2 fully saturated rings. The fourth-order valence-electron chi connectivity index (χ4n) is 2.98. The number of carbonyl (C=O) groups excluding carboxylic acids is 2.